The van der Waals surface area contributed by atoms with Gasteiger partial charge in [0.15, 0.2) is 17.9 Å². The van der Waals surface area contributed by atoms with E-state index >= 15 is 0 Å². The van der Waals surface area contributed by atoms with Crippen LogP contribution in [-0.4, -0.2) is 31.9 Å². The number of carbonyl (C=O) groups excluding carboxylic acids is 1. The molecular weight excluding hydrogens is 334 g/mol. The topological polar surface area (TPSA) is 158 Å². The van der Waals surface area contributed by atoms with Crippen molar-refractivity contribution in [1.82, 2.24) is 20.3 Å². The molecule has 1 atom stereocenters. The van der Waals surface area contributed by atoms with Gasteiger partial charge in [-0.2, -0.15) is 0 Å². The van der Waals surface area contributed by atoms with E-state index in [1.54, 1.807) is 25.1 Å². The predicted molar refractivity (Wildman–Crippen MR) is 99.9 cm³/mol. The number of nitrogens with two attached hydrogens (primary N) is 2. The third kappa shape index (κ3) is 4.39. The fourth-order valence-corrected chi connectivity index (χ4v) is 2.34. The Bertz CT molecular complexity index is 856. The number of aryl methyl sites for hydroxylation is 1. The highest BCUT2D eigenvalue weighted by atomic mass is 16.3. The molecule has 0 fully saturated rings. The van der Waals surface area contributed by atoms with Crippen molar-refractivity contribution in [3.05, 3.63) is 59.5 Å². The largest absolute Gasteiger partial charge is 0.390 e. The second-order valence-electron chi connectivity index (χ2n) is 5.65. The number of aliphatic hydroxyl groups is 1. The lowest BCUT2D eigenvalue weighted by Crippen LogP contribution is -2.32. The molecule has 0 spiro atoms. The Morgan fingerprint density at radius 3 is 2.69 bits per heavy atom. The molecule has 0 saturated heterocycles. The number of hydrogen-bond acceptors (Lipinski definition) is 4. The quantitative estimate of drug-likeness (QED) is 0.246. The van der Waals surface area contributed by atoms with E-state index in [-0.39, 0.29) is 12.6 Å². The monoisotopic (exact) mass is 357 g/mol. The van der Waals surface area contributed by atoms with Gasteiger partial charge in [0.1, 0.15) is 5.69 Å². The molecule has 0 aliphatic carbocycles. The molecule has 8 N–H and O–H groups in total. The zero-order valence-corrected chi connectivity index (χ0v) is 14.7. The first-order valence-corrected chi connectivity index (χ1v) is 7.90. The third-order valence-corrected chi connectivity index (χ3v) is 3.68. The number of guanidine groups is 1. The first-order chi connectivity index (χ1) is 12.3. The Labute approximate surface area is 150 Å². The summed E-state index contributed by atoms with van der Waals surface area (Å²) in [7, 11) is 0. The minimum Gasteiger partial charge on any atom is -0.390 e. The second kappa shape index (κ2) is 8.17. The van der Waals surface area contributed by atoms with E-state index < -0.39 is 12.1 Å². The average Bonchev–Trinajstić information content (AvgIpc) is 3.20. The van der Waals surface area contributed by atoms with Gasteiger partial charge in [-0.15, -0.1) is 0 Å². The SMILES string of the molecule is C=C/C=C(\C)c1ccc(C(=O)NC(N=C(N)N)c2nc(CO)c(C)[nH]2)[nH]1. The van der Waals surface area contributed by atoms with Crippen LogP contribution in [0.15, 0.2) is 35.9 Å². The summed E-state index contributed by atoms with van der Waals surface area (Å²) in [6, 6.07) is 3.45. The molecule has 0 radical (unpaired) electrons. The minimum absolute atomic E-state index is 0.202. The first kappa shape index (κ1) is 19.0. The van der Waals surface area contributed by atoms with Crippen molar-refractivity contribution < 1.29 is 9.90 Å². The van der Waals surface area contributed by atoms with Crippen LogP contribution in [0.2, 0.25) is 0 Å². The number of aliphatic imine (C=N–C) groups is 1. The average molecular weight is 357 g/mol. The maximum Gasteiger partial charge on any atom is 0.269 e. The number of carbonyl (C=O) groups is 1. The van der Waals surface area contributed by atoms with Crippen LogP contribution in [0.5, 0.6) is 0 Å². The number of imidazole rings is 1. The van der Waals surface area contributed by atoms with E-state index in [2.05, 4.69) is 31.8 Å². The maximum absolute atomic E-state index is 12.5. The molecule has 138 valence electrons. The molecule has 2 rings (SSSR count). The molecule has 1 unspecified atom stereocenters. The summed E-state index contributed by atoms with van der Waals surface area (Å²) in [4.78, 5) is 26.7. The highest BCUT2D eigenvalue weighted by Crippen LogP contribution is 2.17. The van der Waals surface area contributed by atoms with Crippen molar-refractivity contribution in [3.63, 3.8) is 0 Å². The van der Waals surface area contributed by atoms with Crippen LogP contribution in [0, 0.1) is 6.92 Å². The van der Waals surface area contributed by atoms with Crippen molar-refractivity contribution in [1.29, 1.82) is 0 Å². The van der Waals surface area contributed by atoms with Crippen LogP contribution in [0.4, 0.5) is 0 Å². The summed E-state index contributed by atoms with van der Waals surface area (Å²) in [6.45, 7) is 7.07. The van der Waals surface area contributed by atoms with E-state index in [1.165, 1.54) is 0 Å². The van der Waals surface area contributed by atoms with E-state index in [9.17, 15) is 9.90 Å². The molecule has 0 bridgehead atoms. The van der Waals surface area contributed by atoms with Crippen molar-refractivity contribution in [2.75, 3.05) is 0 Å². The highest BCUT2D eigenvalue weighted by Gasteiger charge is 2.20. The van der Waals surface area contributed by atoms with Gasteiger partial charge in [-0.05, 0) is 31.6 Å². The zero-order chi connectivity index (χ0) is 19.3. The van der Waals surface area contributed by atoms with Gasteiger partial charge in [0.2, 0.25) is 0 Å². The lowest BCUT2D eigenvalue weighted by Gasteiger charge is -2.12. The molecule has 2 aromatic heterocycles. The zero-order valence-electron chi connectivity index (χ0n) is 14.7. The third-order valence-electron chi connectivity index (χ3n) is 3.68. The van der Waals surface area contributed by atoms with Gasteiger partial charge >= 0.3 is 0 Å². The standard InChI is InChI=1S/C17H23N7O2/c1-4-5-9(2)11-6-7-12(21-11)16(26)23-15(24-17(18)19)14-20-10(3)13(8-25)22-14/h4-7,15,21,25H,1,8H2,2-3H3,(H,20,22)(H,23,26)(H4,18,19,24)/b9-5+. The normalized spacial score (nSPS) is 12.5. The summed E-state index contributed by atoms with van der Waals surface area (Å²) in [5.74, 6) is -0.285. The van der Waals surface area contributed by atoms with Gasteiger partial charge in [0.25, 0.3) is 5.91 Å². The predicted octanol–water partition coefficient (Wildman–Crippen LogP) is 0.830. The van der Waals surface area contributed by atoms with Gasteiger partial charge in [-0.25, -0.2) is 9.98 Å². The number of rotatable bonds is 7. The van der Waals surface area contributed by atoms with Crippen LogP contribution in [0.1, 0.15) is 46.5 Å². The van der Waals surface area contributed by atoms with Gasteiger partial charge in [0.05, 0.1) is 12.3 Å². The molecule has 0 saturated carbocycles. The number of allylic oxidation sites excluding steroid dienone is 3. The number of aromatic amines is 2. The summed E-state index contributed by atoms with van der Waals surface area (Å²) in [5.41, 5.74) is 14.1. The summed E-state index contributed by atoms with van der Waals surface area (Å²) in [5, 5.41) is 12.0. The van der Waals surface area contributed by atoms with Crippen LogP contribution in [0.25, 0.3) is 5.57 Å². The number of amides is 1. The van der Waals surface area contributed by atoms with E-state index in [0.717, 1.165) is 11.3 Å². The number of aliphatic hydroxyl groups excluding tert-OH is 1. The van der Waals surface area contributed by atoms with Gasteiger partial charge < -0.3 is 31.9 Å². The molecule has 0 aliphatic rings. The van der Waals surface area contributed by atoms with Crippen molar-refractivity contribution in [2.45, 2.75) is 26.6 Å². The molecule has 0 aliphatic heterocycles. The maximum atomic E-state index is 12.5. The lowest BCUT2D eigenvalue weighted by atomic mass is 10.2. The fraction of sp³-hybridized carbons (Fsp3) is 0.235. The Hall–Kier alpha value is -3.33. The molecule has 2 heterocycles. The minimum atomic E-state index is -0.914. The van der Waals surface area contributed by atoms with E-state index in [0.29, 0.717) is 22.9 Å². The summed E-state index contributed by atoms with van der Waals surface area (Å²) in [6.07, 6.45) is 2.59. The molecule has 1 amide bonds. The highest BCUT2D eigenvalue weighted by molar-refractivity contribution is 5.93. The number of hydrogen-bond donors (Lipinski definition) is 6. The Kier molecular flexibility index (Phi) is 5.97. The molecule has 26 heavy (non-hydrogen) atoms. The Morgan fingerprint density at radius 2 is 2.12 bits per heavy atom. The van der Waals surface area contributed by atoms with Crippen LogP contribution in [-0.2, 0) is 6.61 Å². The number of nitrogens with one attached hydrogen (secondary N) is 3. The van der Waals surface area contributed by atoms with Crippen LogP contribution >= 0.6 is 0 Å². The summed E-state index contributed by atoms with van der Waals surface area (Å²) < 4.78 is 0. The van der Waals surface area contributed by atoms with E-state index in [1.807, 2.05) is 13.0 Å². The molecular formula is C17H23N7O2. The van der Waals surface area contributed by atoms with Gasteiger partial charge in [-0.1, -0.05) is 18.7 Å². The lowest BCUT2D eigenvalue weighted by molar-refractivity contribution is 0.0932. The Morgan fingerprint density at radius 1 is 1.42 bits per heavy atom. The van der Waals surface area contributed by atoms with E-state index in [4.69, 9.17) is 11.5 Å². The Balaban J connectivity index is 2.25. The van der Waals surface area contributed by atoms with Crippen molar-refractivity contribution >= 4 is 17.4 Å². The van der Waals surface area contributed by atoms with Crippen LogP contribution < -0.4 is 16.8 Å². The van der Waals surface area contributed by atoms with Gasteiger partial charge in [-0.3, -0.25) is 4.79 Å². The molecule has 9 heteroatoms. The smallest absolute Gasteiger partial charge is 0.269 e. The molecule has 0 aromatic carbocycles. The number of nitrogens with zero attached hydrogens (tertiary/aromatic N) is 2. The van der Waals surface area contributed by atoms with Crippen molar-refractivity contribution in [2.24, 2.45) is 16.5 Å². The number of aromatic nitrogens is 3. The van der Waals surface area contributed by atoms with Crippen LogP contribution in [0.3, 0.4) is 0 Å². The second-order valence-corrected chi connectivity index (χ2v) is 5.65. The van der Waals surface area contributed by atoms with Gasteiger partial charge in [0, 0.05) is 11.4 Å². The molecule has 9 nitrogen and oxygen atoms in total. The number of H-pyrrole nitrogens is 2. The fourth-order valence-electron chi connectivity index (χ4n) is 2.34. The van der Waals surface area contributed by atoms with Crippen molar-refractivity contribution in [3.8, 4) is 0 Å². The first-order valence-electron chi connectivity index (χ1n) is 7.90. The molecule has 2 aromatic rings. The summed E-state index contributed by atoms with van der Waals surface area (Å²) >= 11 is 0.